The number of ether oxygens (including phenoxy) is 1. The minimum absolute atomic E-state index is 0.0835. The average molecular weight is 980 g/mol. The molecule has 0 saturated carbocycles. The Labute approximate surface area is 413 Å². The molecule has 6 N–H and O–H groups in total. The number of pyridine rings is 1. The van der Waals surface area contributed by atoms with Crippen LogP contribution in [0.25, 0.3) is 21.3 Å². The van der Waals surface area contributed by atoms with Gasteiger partial charge in [-0.05, 0) is 122 Å². The van der Waals surface area contributed by atoms with Crippen molar-refractivity contribution < 1.29 is 38.2 Å². The number of piperidine rings is 2. The molecule has 3 aliphatic rings. The zero-order chi connectivity index (χ0) is 49.8. The number of hydrogen-bond acceptors (Lipinski definition) is 13. The van der Waals surface area contributed by atoms with Crippen molar-refractivity contribution >= 4 is 79.2 Å². The van der Waals surface area contributed by atoms with Crippen molar-refractivity contribution in [2.75, 3.05) is 60.7 Å². The number of para-hydroxylation sites is 1. The van der Waals surface area contributed by atoms with E-state index in [0.29, 0.717) is 89.3 Å². The molecule has 9 rings (SSSR count). The second kappa shape index (κ2) is 20.8. The third-order valence-corrected chi connectivity index (χ3v) is 14.6. The van der Waals surface area contributed by atoms with Gasteiger partial charge in [0, 0.05) is 67.7 Å². The van der Waals surface area contributed by atoms with Crippen LogP contribution in [0.15, 0.2) is 91.0 Å². The first-order valence-corrected chi connectivity index (χ1v) is 24.5. The molecule has 71 heavy (non-hydrogen) atoms. The van der Waals surface area contributed by atoms with Crippen molar-refractivity contribution in [2.24, 2.45) is 5.92 Å². The Hall–Kier alpha value is -7.57. The number of carboxylic acids is 1. The molecule has 1 atom stereocenters. The summed E-state index contributed by atoms with van der Waals surface area (Å²) < 4.78 is 23.2. The summed E-state index contributed by atoms with van der Waals surface area (Å²) in [5, 5.41) is 30.8. The Morgan fingerprint density at radius 1 is 0.930 bits per heavy atom. The number of anilines is 4. The normalized spacial score (nSPS) is 16.7. The molecule has 5 heterocycles. The number of aromatic nitrogens is 2. The Morgan fingerprint density at radius 3 is 2.51 bits per heavy atom. The maximum atomic E-state index is 16.1. The smallest absolute Gasteiger partial charge is 0.355 e. The SMILES string of the molecule is CNc1cc(NC(=O)CN2CCC(F)(CCCOc3cccc(-c4ccc(N5CCc6cccc(C(=O)Nc7nc8ccccc8s7)c6C5)nc4C(=O)O)c3C)CC2)ccc1C(=N)C1CCC(=O)NC1=O. The van der Waals surface area contributed by atoms with E-state index < -0.39 is 23.5 Å². The fourth-order valence-electron chi connectivity index (χ4n) is 9.70. The molecule has 1 unspecified atom stereocenters. The Kier molecular flexibility index (Phi) is 14.2. The minimum atomic E-state index is -1.41. The van der Waals surface area contributed by atoms with Crippen LogP contribution in [0.3, 0.4) is 0 Å². The minimum Gasteiger partial charge on any atom is -0.493 e. The number of carbonyl (C=O) groups excluding carboxylic acids is 4. The first-order chi connectivity index (χ1) is 34.3. The highest BCUT2D eigenvalue weighted by atomic mass is 32.1. The van der Waals surface area contributed by atoms with Crippen LogP contribution >= 0.6 is 11.3 Å². The van der Waals surface area contributed by atoms with E-state index in [4.69, 9.17) is 10.1 Å². The topological polar surface area (TPSA) is 219 Å². The summed E-state index contributed by atoms with van der Waals surface area (Å²) in [6.07, 6.45) is 2.33. The van der Waals surface area contributed by atoms with Crippen molar-refractivity contribution in [3.8, 4) is 16.9 Å². The van der Waals surface area contributed by atoms with Crippen LogP contribution in [-0.2, 0) is 27.3 Å². The maximum absolute atomic E-state index is 16.1. The molecule has 16 nitrogen and oxygen atoms in total. The summed E-state index contributed by atoms with van der Waals surface area (Å²) in [5.74, 6) is -2.24. The zero-order valence-electron chi connectivity index (χ0n) is 39.4. The van der Waals surface area contributed by atoms with Crippen LogP contribution in [-0.4, -0.2) is 101 Å². The lowest BCUT2D eigenvalue weighted by molar-refractivity contribution is -0.134. The largest absolute Gasteiger partial charge is 0.493 e. The van der Waals surface area contributed by atoms with Crippen molar-refractivity contribution in [3.63, 3.8) is 0 Å². The summed E-state index contributed by atoms with van der Waals surface area (Å²) in [6, 6.07) is 27.4. The summed E-state index contributed by atoms with van der Waals surface area (Å²) in [5.41, 5.74) is 5.19. The molecule has 4 amide bonds. The highest BCUT2D eigenvalue weighted by Gasteiger charge is 2.35. The predicted molar refractivity (Wildman–Crippen MR) is 272 cm³/mol. The molecule has 3 aliphatic heterocycles. The number of carboxylic acid groups (broad SMARTS) is 1. The molecular formula is C53H54FN9O7S. The number of amides is 4. The maximum Gasteiger partial charge on any atom is 0.355 e. The number of alkyl halides is 1. The van der Waals surface area contributed by atoms with Crippen LogP contribution in [0, 0.1) is 18.3 Å². The summed E-state index contributed by atoms with van der Waals surface area (Å²) in [4.78, 5) is 76.6. The molecule has 2 saturated heterocycles. The van der Waals surface area contributed by atoms with Gasteiger partial charge in [0.2, 0.25) is 17.7 Å². The molecule has 0 spiro atoms. The van der Waals surface area contributed by atoms with E-state index in [1.807, 2.05) is 71.3 Å². The number of nitrogens with one attached hydrogen (secondary N) is 5. The first kappa shape index (κ1) is 48.5. The number of rotatable bonds is 16. The number of imide groups is 1. The number of halogens is 1. The number of thiazole rings is 1. The summed E-state index contributed by atoms with van der Waals surface area (Å²) in [7, 11) is 1.68. The van der Waals surface area contributed by atoms with Crippen LogP contribution in [0.2, 0.25) is 0 Å². The Balaban J connectivity index is 0.768. The molecule has 4 aromatic carbocycles. The fraction of sp³-hybridized carbons (Fsp3) is 0.321. The molecule has 2 aromatic heterocycles. The molecule has 18 heteroatoms. The van der Waals surface area contributed by atoms with Crippen molar-refractivity contribution in [2.45, 2.75) is 64.1 Å². The number of carbonyl (C=O) groups is 5. The van der Waals surface area contributed by atoms with Gasteiger partial charge >= 0.3 is 5.97 Å². The Morgan fingerprint density at radius 2 is 1.73 bits per heavy atom. The van der Waals surface area contributed by atoms with E-state index in [1.54, 1.807) is 43.4 Å². The fourth-order valence-corrected chi connectivity index (χ4v) is 10.6. The second-order valence-corrected chi connectivity index (χ2v) is 19.2. The number of benzene rings is 4. The average Bonchev–Trinajstić information content (AvgIpc) is 3.78. The van der Waals surface area contributed by atoms with Gasteiger partial charge in [-0.3, -0.25) is 34.7 Å². The van der Waals surface area contributed by atoms with Gasteiger partial charge in [0.25, 0.3) is 5.91 Å². The molecule has 6 aromatic rings. The third kappa shape index (κ3) is 10.8. The lowest BCUT2D eigenvalue weighted by Gasteiger charge is -2.36. The van der Waals surface area contributed by atoms with Crippen LogP contribution in [0.4, 0.5) is 26.7 Å². The number of aromatic carboxylic acids is 1. The third-order valence-electron chi connectivity index (χ3n) is 13.6. The molecular weight excluding hydrogens is 926 g/mol. The molecule has 366 valence electrons. The molecule has 0 radical (unpaired) electrons. The summed E-state index contributed by atoms with van der Waals surface area (Å²) >= 11 is 1.41. The number of nitrogens with zero attached hydrogens (tertiary/aromatic N) is 4. The number of likely N-dealkylation sites (tertiary alicyclic amines) is 1. The van der Waals surface area contributed by atoms with Gasteiger partial charge in [0.05, 0.1) is 35.0 Å². The van der Waals surface area contributed by atoms with E-state index in [-0.39, 0.29) is 74.4 Å². The Bertz CT molecular complexity index is 3050. The van der Waals surface area contributed by atoms with E-state index in [0.717, 1.165) is 26.9 Å². The van der Waals surface area contributed by atoms with Gasteiger partial charge in [0.1, 0.15) is 17.2 Å². The van der Waals surface area contributed by atoms with Gasteiger partial charge in [-0.2, -0.15) is 0 Å². The second-order valence-electron chi connectivity index (χ2n) is 18.2. The summed E-state index contributed by atoms with van der Waals surface area (Å²) in [6.45, 7) is 3.96. The van der Waals surface area contributed by atoms with Gasteiger partial charge in [-0.1, -0.05) is 47.7 Å². The van der Waals surface area contributed by atoms with Crippen molar-refractivity contribution in [1.82, 2.24) is 20.2 Å². The van der Waals surface area contributed by atoms with Gasteiger partial charge in [-0.15, -0.1) is 0 Å². The van der Waals surface area contributed by atoms with Crippen LogP contribution in [0.5, 0.6) is 5.75 Å². The zero-order valence-corrected chi connectivity index (χ0v) is 40.2. The molecule has 0 aliphatic carbocycles. The van der Waals surface area contributed by atoms with E-state index in [2.05, 4.69) is 31.2 Å². The first-order valence-electron chi connectivity index (χ1n) is 23.7. The van der Waals surface area contributed by atoms with Crippen molar-refractivity contribution in [1.29, 1.82) is 5.41 Å². The number of fused-ring (bicyclic) bond motifs is 2. The lowest BCUT2D eigenvalue weighted by Crippen LogP contribution is -2.44. The highest BCUT2D eigenvalue weighted by Crippen LogP contribution is 2.36. The van der Waals surface area contributed by atoms with E-state index in [1.165, 1.54) is 11.3 Å². The van der Waals surface area contributed by atoms with E-state index >= 15 is 4.39 Å². The van der Waals surface area contributed by atoms with E-state index in [9.17, 15) is 29.1 Å². The lowest BCUT2D eigenvalue weighted by atomic mass is 9.88. The van der Waals surface area contributed by atoms with Gasteiger partial charge < -0.3 is 30.8 Å². The quantitative estimate of drug-likeness (QED) is 0.0307. The molecule has 0 bridgehead atoms. The van der Waals surface area contributed by atoms with Gasteiger partial charge in [-0.25, -0.2) is 19.2 Å². The van der Waals surface area contributed by atoms with Crippen LogP contribution < -0.4 is 30.9 Å². The standard InChI is InChI=1S/C53H54FN9O7S/c1-31-34(35-16-18-44(59-48(35)51(68)69)63-24-20-32-8-5-10-36(39(32)29-63)49(66)61-52-58-40-11-3-4-13-43(40)71-52)9-6-12-42(31)70-27-7-21-53(54)22-25-62(26-23-53)30-46(65)57-33-14-15-37(41(28-33)56-2)47(55)38-17-19-45(64)60-50(38)67/h3-6,8-16,18,28,38,55-56H,7,17,19-27,29-30H2,1-2H3,(H,57,65)(H,68,69)(H,58,61,66)(H,60,64,67). The van der Waals surface area contributed by atoms with Crippen LogP contribution in [0.1, 0.15) is 81.6 Å². The monoisotopic (exact) mass is 979 g/mol. The van der Waals surface area contributed by atoms with Crippen molar-refractivity contribution in [3.05, 3.63) is 125 Å². The predicted octanol–water partition coefficient (Wildman–Crippen LogP) is 8.24. The molecule has 2 fully saturated rings. The van der Waals surface area contributed by atoms with Gasteiger partial charge in [0.15, 0.2) is 10.8 Å². The number of hydrogen-bond donors (Lipinski definition) is 6. The highest BCUT2D eigenvalue weighted by molar-refractivity contribution is 7.22.